The van der Waals surface area contributed by atoms with E-state index >= 15 is 0 Å². The molecule has 3 fully saturated rings. The molecule has 9 atom stereocenters. The molecule has 2 N–H and O–H groups in total. The predicted octanol–water partition coefficient (Wildman–Crippen LogP) is 2.89. The van der Waals surface area contributed by atoms with Crippen LogP contribution in [0, 0.1) is 40.4 Å². The maximum atomic E-state index is 12.2. The van der Waals surface area contributed by atoms with Gasteiger partial charge in [0, 0.05) is 11.8 Å². The van der Waals surface area contributed by atoms with Crippen molar-refractivity contribution < 1.29 is 24.5 Å². The van der Waals surface area contributed by atoms with Gasteiger partial charge in [-0.15, -0.1) is 0 Å². The first-order chi connectivity index (χ1) is 13.1. The fourth-order valence-corrected chi connectivity index (χ4v) is 7.70. The molecule has 28 heavy (non-hydrogen) atoms. The average Bonchev–Trinajstić information content (AvgIpc) is 3.01. The first-order valence-corrected chi connectivity index (χ1v) is 10.8. The number of fused-ring (bicyclic) bond motifs is 5. The Morgan fingerprint density at radius 3 is 2.64 bits per heavy atom. The highest BCUT2D eigenvalue weighted by atomic mass is 16.5. The van der Waals surface area contributed by atoms with Crippen molar-refractivity contribution in [3.63, 3.8) is 0 Å². The molecule has 0 heterocycles. The number of aliphatic hydroxyl groups is 2. The highest BCUT2D eigenvalue weighted by molar-refractivity contribution is 5.91. The van der Waals surface area contributed by atoms with Crippen LogP contribution in [0.1, 0.15) is 59.3 Å². The van der Waals surface area contributed by atoms with Gasteiger partial charge in [0.1, 0.15) is 0 Å². The molecule has 0 aromatic heterocycles. The van der Waals surface area contributed by atoms with E-state index in [1.54, 1.807) is 6.08 Å². The molecule has 156 valence electrons. The number of ether oxygens (including phenoxy) is 1. The summed E-state index contributed by atoms with van der Waals surface area (Å²) < 4.78 is 5.00. The molecule has 0 aliphatic heterocycles. The number of hydrogen-bond donors (Lipinski definition) is 2. The van der Waals surface area contributed by atoms with Crippen molar-refractivity contribution in [3.05, 3.63) is 11.6 Å². The summed E-state index contributed by atoms with van der Waals surface area (Å²) in [6, 6.07) is 0. The van der Waals surface area contributed by atoms with Gasteiger partial charge >= 0.3 is 5.97 Å². The van der Waals surface area contributed by atoms with Crippen LogP contribution in [0.3, 0.4) is 0 Å². The molecule has 0 radical (unpaired) electrons. The molecule has 0 saturated heterocycles. The van der Waals surface area contributed by atoms with Gasteiger partial charge in [0.2, 0.25) is 0 Å². The van der Waals surface area contributed by atoms with Gasteiger partial charge < -0.3 is 14.9 Å². The van der Waals surface area contributed by atoms with Crippen molar-refractivity contribution in [2.75, 3.05) is 7.11 Å². The van der Waals surface area contributed by atoms with Crippen LogP contribution in [0.4, 0.5) is 0 Å². The van der Waals surface area contributed by atoms with E-state index in [0.29, 0.717) is 19.3 Å². The lowest BCUT2D eigenvalue weighted by Gasteiger charge is -2.61. The monoisotopic (exact) mass is 390 g/mol. The third-order valence-corrected chi connectivity index (χ3v) is 9.34. The SMILES string of the molecule is COC(=O)C(C)[C@H]1CC[C@H]2[C@@H]3[C@H](O)CC4=CC(=O)CC[C@]4(C)[C@H]3C[C@H](O)[C@]12C. The maximum absolute atomic E-state index is 12.2. The zero-order chi connectivity index (χ0) is 20.4. The quantitative estimate of drug-likeness (QED) is 0.709. The fraction of sp³-hybridized carbons (Fsp3) is 0.826. The molecule has 4 aliphatic carbocycles. The number of aliphatic hydroxyl groups excluding tert-OH is 2. The minimum atomic E-state index is -0.514. The van der Waals surface area contributed by atoms with Crippen molar-refractivity contribution in [1.82, 2.24) is 0 Å². The average molecular weight is 391 g/mol. The zero-order valence-electron chi connectivity index (χ0n) is 17.5. The first kappa shape index (κ1) is 20.1. The number of methoxy groups -OCH3 is 1. The Balaban J connectivity index is 1.71. The number of ketones is 1. The van der Waals surface area contributed by atoms with E-state index in [1.807, 2.05) is 6.92 Å². The predicted molar refractivity (Wildman–Crippen MR) is 104 cm³/mol. The van der Waals surface area contributed by atoms with E-state index < -0.39 is 17.6 Å². The second-order valence-electron chi connectivity index (χ2n) is 10.2. The van der Waals surface area contributed by atoms with Crippen LogP contribution in [0.2, 0.25) is 0 Å². The summed E-state index contributed by atoms with van der Waals surface area (Å²) in [6.45, 7) is 6.27. The summed E-state index contributed by atoms with van der Waals surface area (Å²) in [5.41, 5.74) is 0.565. The standard InChI is InChI=1S/C23H34O5/c1-12(21(27)28-4)15-5-6-16-20-17(11-19(26)23(15,16)3)22(2)8-7-14(24)9-13(22)10-18(20)25/h9,12,15-20,25-26H,5-8,10-11H2,1-4H3/t12?,15-,16+,17+,18-,19+,20+,22+,23-/m1/s1. The van der Waals surface area contributed by atoms with Crippen molar-refractivity contribution in [2.45, 2.75) is 71.5 Å². The Morgan fingerprint density at radius 1 is 1.25 bits per heavy atom. The summed E-state index contributed by atoms with van der Waals surface area (Å²) >= 11 is 0. The van der Waals surface area contributed by atoms with Crippen LogP contribution < -0.4 is 0 Å². The van der Waals surface area contributed by atoms with Gasteiger partial charge in [-0.2, -0.15) is 0 Å². The van der Waals surface area contributed by atoms with E-state index in [0.717, 1.165) is 24.8 Å². The van der Waals surface area contributed by atoms with Crippen molar-refractivity contribution in [3.8, 4) is 0 Å². The third kappa shape index (κ3) is 2.58. The summed E-state index contributed by atoms with van der Waals surface area (Å²) in [7, 11) is 1.42. The van der Waals surface area contributed by atoms with Gasteiger partial charge in [-0.1, -0.05) is 26.3 Å². The first-order valence-electron chi connectivity index (χ1n) is 10.8. The van der Waals surface area contributed by atoms with Gasteiger partial charge in [0.15, 0.2) is 5.78 Å². The lowest BCUT2D eigenvalue weighted by Crippen LogP contribution is -2.60. The maximum Gasteiger partial charge on any atom is 0.308 e. The highest BCUT2D eigenvalue weighted by Crippen LogP contribution is 2.67. The molecule has 4 aliphatic rings. The summed E-state index contributed by atoms with van der Waals surface area (Å²) in [5.74, 6) is 0.218. The Hall–Kier alpha value is -1.20. The van der Waals surface area contributed by atoms with Gasteiger partial charge in [-0.25, -0.2) is 0 Å². The Bertz CT molecular complexity index is 714. The fourth-order valence-electron chi connectivity index (χ4n) is 7.70. The number of carbonyl (C=O) groups is 2. The number of hydrogen-bond acceptors (Lipinski definition) is 5. The Labute approximate surface area is 167 Å². The molecule has 1 unspecified atom stereocenters. The van der Waals surface area contributed by atoms with Crippen molar-refractivity contribution in [1.29, 1.82) is 0 Å². The molecular formula is C23H34O5. The van der Waals surface area contributed by atoms with Crippen LogP contribution in [0.25, 0.3) is 0 Å². The van der Waals surface area contributed by atoms with Crippen molar-refractivity contribution >= 4 is 11.8 Å². The molecule has 0 aromatic carbocycles. The van der Waals surface area contributed by atoms with E-state index in [2.05, 4.69) is 13.8 Å². The van der Waals surface area contributed by atoms with E-state index in [-0.39, 0.29) is 46.8 Å². The van der Waals surface area contributed by atoms with Crippen LogP contribution in [-0.2, 0) is 14.3 Å². The van der Waals surface area contributed by atoms with Crippen LogP contribution in [-0.4, -0.2) is 41.3 Å². The topological polar surface area (TPSA) is 83.8 Å². The van der Waals surface area contributed by atoms with E-state index in [4.69, 9.17) is 4.74 Å². The molecular weight excluding hydrogens is 356 g/mol. The lowest BCUT2D eigenvalue weighted by molar-refractivity contribution is -0.174. The molecule has 3 saturated carbocycles. The second kappa shape index (κ2) is 6.66. The molecule has 0 aromatic rings. The second-order valence-corrected chi connectivity index (χ2v) is 10.2. The zero-order valence-corrected chi connectivity index (χ0v) is 17.5. The smallest absolute Gasteiger partial charge is 0.308 e. The van der Waals surface area contributed by atoms with E-state index in [1.165, 1.54) is 7.11 Å². The van der Waals surface area contributed by atoms with Crippen LogP contribution in [0.5, 0.6) is 0 Å². The van der Waals surface area contributed by atoms with Crippen LogP contribution in [0.15, 0.2) is 11.6 Å². The van der Waals surface area contributed by atoms with Gasteiger partial charge in [-0.05, 0) is 67.3 Å². The molecule has 4 rings (SSSR count). The number of rotatable bonds is 2. The highest BCUT2D eigenvalue weighted by Gasteiger charge is 2.65. The Morgan fingerprint density at radius 2 is 1.96 bits per heavy atom. The van der Waals surface area contributed by atoms with Crippen molar-refractivity contribution in [2.24, 2.45) is 40.4 Å². The third-order valence-electron chi connectivity index (χ3n) is 9.34. The summed E-state index contributed by atoms with van der Waals surface area (Å²) in [5, 5.41) is 22.5. The van der Waals surface area contributed by atoms with Gasteiger partial charge in [0.25, 0.3) is 0 Å². The normalized spacial score (nSPS) is 48.8. The number of carbonyl (C=O) groups excluding carboxylic acids is 2. The minimum Gasteiger partial charge on any atom is -0.469 e. The van der Waals surface area contributed by atoms with Gasteiger partial charge in [0.05, 0.1) is 25.2 Å². The minimum absolute atomic E-state index is 0.0609. The molecule has 0 spiro atoms. The summed E-state index contributed by atoms with van der Waals surface area (Å²) in [6.07, 6.45) is 5.11. The largest absolute Gasteiger partial charge is 0.469 e. The summed E-state index contributed by atoms with van der Waals surface area (Å²) in [4.78, 5) is 24.2. The van der Waals surface area contributed by atoms with Crippen LogP contribution >= 0.6 is 0 Å². The molecule has 5 nitrogen and oxygen atoms in total. The molecule has 0 bridgehead atoms. The number of esters is 1. The van der Waals surface area contributed by atoms with Gasteiger partial charge in [-0.3, -0.25) is 9.59 Å². The molecule has 0 amide bonds. The Kier molecular flexibility index (Phi) is 4.78. The van der Waals surface area contributed by atoms with E-state index in [9.17, 15) is 19.8 Å². The lowest BCUT2D eigenvalue weighted by atomic mass is 9.45. The molecule has 5 heteroatoms.